The molecule has 1 atom stereocenters. The quantitative estimate of drug-likeness (QED) is 0.677. The zero-order valence-electron chi connectivity index (χ0n) is 13.7. The summed E-state index contributed by atoms with van der Waals surface area (Å²) in [5, 5.41) is 8.97. The Bertz CT molecular complexity index is 700. The molecule has 2 amide bonds. The van der Waals surface area contributed by atoms with Gasteiger partial charge in [0.1, 0.15) is 5.76 Å². The van der Waals surface area contributed by atoms with E-state index in [1.165, 1.54) is 0 Å². The van der Waals surface area contributed by atoms with Crippen LogP contribution < -0.4 is 10.6 Å². The van der Waals surface area contributed by atoms with Crippen molar-refractivity contribution in [3.63, 3.8) is 0 Å². The molecule has 1 fully saturated rings. The van der Waals surface area contributed by atoms with Crippen molar-refractivity contribution >= 4 is 27.5 Å². The van der Waals surface area contributed by atoms with Crippen LogP contribution in [0, 0.1) is 6.92 Å². The smallest absolute Gasteiger partial charge is 0.239 e. The topological polar surface area (TPSA) is 122 Å². The van der Waals surface area contributed by atoms with Gasteiger partial charge in [-0.1, -0.05) is 12.1 Å². The standard InChI is InChI=1S/C14H22N4O5S/c1-3-18(8-14(20)16-12-6-10(2)23-17-12)7-13(19)15-11-4-5-24(21,22)9-11/h6,11H,3-5,7-9H2,1-2H3,(H,15,19)(H,16,17,20). The summed E-state index contributed by atoms with van der Waals surface area (Å²) in [6, 6.07) is 1.26. The zero-order valence-corrected chi connectivity index (χ0v) is 14.6. The van der Waals surface area contributed by atoms with E-state index in [1.807, 2.05) is 6.92 Å². The van der Waals surface area contributed by atoms with Gasteiger partial charge in [-0.2, -0.15) is 0 Å². The maximum absolute atomic E-state index is 12.0. The van der Waals surface area contributed by atoms with Gasteiger partial charge < -0.3 is 15.2 Å². The molecular formula is C14H22N4O5S. The van der Waals surface area contributed by atoms with Crippen molar-refractivity contribution in [2.45, 2.75) is 26.3 Å². The van der Waals surface area contributed by atoms with Crippen molar-refractivity contribution in [2.24, 2.45) is 0 Å². The second-order valence-electron chi connectivity index (χ2n) is 5.84. The van der Waals surface area contributed by atoms with Gasteiger partial charge in [-0.25, -0.2) is 8.42 Å². The van der Waals surface area contributed by atoms with Crippen molar-refractivity contribution in [3.05, 3.63) is 11.8 Å². The highest BCUT2D eigenvalue weighted by atomic mass is 32.2. The number of sulfone groups is 1. The van der Waals surface area contributed by atoms with E-state index in [0.29, 0.717) is 24.5 Å². The first kappa shape index (κ1) is 18.4. The Morgan fingerprint density at radius 3 is 2.62 bits per heavy atom. The largest absolute Gasteiger partial charge is 0.360 e. The Labute approximate surface area is 140 Å². The predicted octanol–water partition coefficient (Wildman–Crippen LogP) is -0.453. The van der Waals surface area contributed by atoms with Gasteiger partial charge in [-0.3, -0.25) is 14.5 Å². The minimum atomic E-state index is -3.03. The van der Waals surface area contributed by atoms with Crippen LogP contribution in [0.3, 0.4) is 0 Å². The van der Waals surface area contributed by atoms with Crippen LogP contribution in [0.25, 0.3) is 0 Å². The molecule has 2 rings (SSSR count). The van der Waals surface area contributed by atoms with E-state index in [1.54, 1.807) is 17.9 Å². The lowest BCUT2D eigenvalue weighted by Gasteiger charge is -2.20. The average Bonchev–Trinajstić information content (AvgIpc) is 3.03. The van der Waals surface area contributed by atoms with E-state index < -0.39 is 9.84 Å². The summed E-state index contributed by atoms with van der Waals surface area (Å²) >= 11 is 0. The SMILES string of the molecule is CCN(CC(=O)Nc1cc(C)on1)CC(=O)NC1CCS(=O)(=O)C1. The fourth-order valence-electron chi connectivity index (χ4n) is 2.48. The number of carbonyl (C=O) groups is 2. The first-order valence-corrected chi connectivity index (χ1v) is 9.55. The molecular weight excluding hydrogens is 336 g/mol. The Morgan fingerprint density at radius 2 is 2.08 bits per heavy atom. The minimum absolute atomic E-state index is 0.0170. The summed E-state index contributed by atoms with van der Waals surface area (Å²) in [4.78, 5) is 25.6. The maximum atomic E-state index is 12.0. The van der Waals surface area contributed by atoms with Crippen LogP contribution in [-0.4, -0.2) is 67.5 Å². The van der Waals surface area contributed by atoms with E-state index in [0.717, 1.165) is 0 Å². The third-order valence-electron chi connectivity index (χ3n) is 3.67. The number of hydrogen-bond acceptors (Lipinski definition) is 7. The molecule has 1 aromatic rings. The molecule has 0 aromatic carbocycles. The number of carbonyl (C=O) groups excluding carboxylic acids is 2. The van der Waals surface area contributed by atoms with Crippen LogP contribution in [0.5, 0.6) is 0 Å². The molecule has 1 saturated heterocycles. The highest BCUT2D eigenvalue weighted by Gasteiger charge is 2.29. The number of anilines is 1. The molecule has 0 spiro atoms. The zero-order chi connectivity index (χ0) is 17.7. The van der Waals surface area contributed by atoms with Crippen molar-refractivity contribution in [1.29, 1.82) is 0 Å². The van der Waals surface area contributed by atoms with Gasteiger partial charge in [-0.15, -0.1) is 0 Å². The van der Waals surface area contributed by atoms with Gasteiger partial charge in [0.2, 0.25) is 11.8 Å². The summed E-state index contributed by atoms with van der Waals surface area (Å²) in [5.41, 5.74) is 0. The molecule has 0 saturated carbocycles. The normalized spacial score (nSPS) is 19.4. The van der Waals surface area contributed by atoms with Crippen LogP contribution >= 0.6 is 0 Å². The number of nitrogens with zero attached hydrogens (tertiary/aromatic N) is 2. The molecule has 2 heterocycles. The second-order valence-corrected chi connectivity index (χ2v) is 8.07. The lowest BCUT2D eigenvalue weighted by Crippen LogP contribution is -2.44. The maximum Gasteiger partial charge on any atom is 0.239 e. The van der Waals surface area contributed by atoms with E-state index in [-0.39, 0.29) is 42.5 Å². The molecule has 1 aliphatic heterocycles. The van der Waals surface area contributed by atoms with Crippen LogP contribution in [0.4, 0.5) is 5.82 Å². The third-order valence-corrected chi connectivity index (χ3v) is 5.44. The summed E-state index contributed by atoms with van der Waals surface area (Å²) in [6.45, 7) is 4.11. The monoisotopic (exact) mass is 358 g/mol. The first-order valence-electron chi connectivity index (χ1n) is 7.72. The number of nitrogens with one attached hydrogen (secondary N) is 2. The number of hydrogen-bond donors (Lipinski definition) is 2. The van der Waals surface area contributed by atoms with E-state index in [4.69, 9.17) is 4.52 Å². The van der Waals surface area contributed by atoms with Crippen molar-refractivity contribution in [3.8, 4) is 0 Å². The third kappa shape index (κ3) is 5.60. The molecule has 2 N–H and O–H groups in total. The summed E-state index contributed by atoms with van der Waals surface area (Å²) in [5.74, 6) is 0.411. The highest BCUT2D eigenvalue weighted by molar-refractivity contribution is 7.91. The molecule has 24 heavy (non-hydrogen) atoms. The average molecular weight is 358 g/mol. The molecule has 1 aromatic heterocycles. The Morgan fingerprint density at radius 1 is 1.38 bits per heavy atom. The summed E-state index contributed by atoms with van der Waals surface area (Å²) in [7, 11) is -3.03. The Hall–Kier alpha value is -1.94. The highest BCUT2D eigenvalue weighted by Crippen LogP contribution is 2.11. The number of aromatic nitrogens is 1. The minimum Gasteiger partial charge on any atom is -0.360 e. The van der Waals surface area contributed by atoms with Crippen LogP contribution in [-0.2, 0) is 19.4 Å². The predicted molar refractivity (Wildman–Crippen MR) is 87.2 cm³/mol. The van der Waals surface area contributed by atoms with E-state index in [9.17, 15) is 18.0 Å². The molecule has 1 aliphatic rings. The van der Waals surface area contributed by atoms with Gasteiger partial charge in [0.05, 0.1) is 24.6 Å². The van der Waals surface area contributed by atoms with Crippen LogP contribution in [0.2, 0.25) is 0 Å². The molecule has 10 heteroatoms. The molecule has 0 aliphatic carbocycles. The summed E-state index contributed by atoms with van der Waals surface area (Å²) < 4.78 is 27.6. The number of rotatable bonds is 7. The lowest BCUT2D eigenvalue weighted by atomic mass is 10.2. The summed E-state index contributed by atoms with van der Waals surface area (Å²) in [6.07, 6.45) is 0.437. The van der Waals surface area contributed by atoms with Crippen LogP contribution in [0.1, 0.15) is 19.1 Å². The van der Waals surface area contributed by atoms with Gasteiger partial charge in [-0.05, 0) is 19.9 Å². The molecule has 0 radical (unpaired) electrons. The molecule has 0 bridgehead atoms. The van der Waals surface area contributed by atoms with Gasteiger partial charge in [0.15, 0.2) is 15.7 Å². The van der Waals surface area contributed by atoms with Crippen molar-refractivity contribution in [2.75, 3.05) is 36.5 Å². The van der Waals surface area contributed by atoms with Crippen molar-refractivity contribution < 1.29 is 22.5 Å². The van der Waals surface area contributed by atoms with Gasteiger partial charge >= 0.3 is 0 Å². The molecule has 9 nitrogen and oxygen atoms in total. The van der Waals surface area contributed by atoms with Gasteiger partial charge in [0, 0.05) is 12.1 Å². The molecule has 1 unspecified atom stereocenters. The van der Waals surface area contributed by atoms with Gasteiger partial charge in [0.25, 0.3) is 0 Å². The fourth-order valence-corrected chi connectivity index (χ4v) is 4.15. The van der Waals surface area contributed by atoms with E-state index >= 15 is 0 Å². The number of likely N-dealkylation sites (N-methyl/N-ethyl adjacent to an activating group) is 1. The second kappa shape index (κ2) is 7.75. The number of amides is 2. The molecule has 134 valence electrons. The first-order chi connectivity index (χ1) is 11.3. The Kier molecular flexibility index (Phi) is 5.94. The fraction of sp³-hybridized carbons (Fsp3) is 0.643. The van der Waals surface area contributed by atoms with Crippen LogP contribution in [0.15, 0.2) is 10.6 Å². The number of aryl methyl sites for hydroxylation is 1. The Balaban J connectivity index is 1.78. The van der Waals surface area contributed by atoms with Crippen molar-refractivity contribution in [1.82, 2.24) is 15.4 Å². The van der Waals surface area contributed by atoms with E-state index in [2.05, 4.69) is 15.8 Å². The lowest BCUT2D eigenvalue weighted by molar-refractivity contribution is -0.123.